The van der Waals surface area contributed by atoms with Crippen molar-refractivity contribution in [2.45, 2.75) is 25.7 Å². The van der Waals surface area contributed by atoms with Gasteiger partial charge >= 0.3 is 5.97 Å². The Bertz CT molecular complexity index is 442. The molecule has 18 heavy (non-hydrogen) atoms. The van der Waals surface area contributed by atoms with Gasteiger partial charge < -0.3 is 10.0 Å². The second kappa shape index (κ2) is 4.55. The quantitative estimate of drug-likeness (QED) is 0.882. The molecule has 0 spiro atoms. The molecule has 1 atom stereocenters. The van der Waals surface area contributed by atoms with Crippen LogP contribution < -0.4 is 4.90 Å². The smallest absolute Gasteiger partial charge is 0.356 e. The van der Waals surface area contributed by atoms with Gasteiger partial charge in [0.15, 0.2) is 5.69 Å². The summed E-state index contributed by atoms with van der Waals surface area (Å²) in [6.45, 7) is 2.05. The third kappa shape index (κ3) is 2.30. The zero-order valence-electron chi connectivity index (χ0n) is 10.2. The highest BCUT2D eigenvalue weighted by molar-refractivity contribution is 5.84. The zero-order valence-corrected chi connectivity index (χ0v) is 10.2. The maximum Gasteiger partial charge on any atom is 0.356 e. The summed E-state index contributed by atoms with van der Waals surface area (Å²) in [5.41, 5.74) is 0.00880. The van der Waals surface area contributed by atoms with Crippen LogP contribution in [0.25, 0.3) is 0 Å². The number of rotatable bonds is 3. The maximum absolute atomic E-state index is 10.7. The number of aromatic carboxylic acids is 1. The number of carboxylic acid groups (broad SMARTS) is 1. The number of aromatic nitrogens is 2. The molecule has 1 saturated carbocycles. The highest BCUT2D eigenvalue weighted by Gasteiger charge is 2.34. The highest BCUT2D eigenvalue weighted by Crippen LogP contribution is 2.41. The standard InChI is InChI=1S/C13H17N3O2/c17-13(18)11-6-15-12(7-14-11)16-5-1-2-10(8-16)9-3-4-9/h6-7,9-10H,1-5,8H2,(H,17,18). The van der Waals surface area contributed by atoms with Crippen LogP contribution in [-0.2, 0) is 0 Å². The van der Waals surface area contributed by atoms with E-state index in [1.54, 1.807) is 6.20 Å². The van der Waals surface area contributed by atoms with Gasteiger partial charge in [-0.2, -0.15) is 0 Å². The van der Waals surface area contributed by atoms with Gasteiger partial charge in [-0.25, -0.2) is 14.8 Å². The van der Waals surface area contributed by atoms with Crippen LogP contribution in [0.5, 0.6) is 0 Å². The van der Waals surface area contributed by atoms with Gasteiger partial charge in [0.1, 0.15) is 5.82 Å². The molecule has 2 aliphatic rings. The van der Waals surface area contributed by atoms with Gasteiger partial charge in [0.25, 0.3) is 0 Å². The second-order valence-corrected chi connectivity index (χ2v) is 5.25. The molecule has 1 unspecified atom stereocenters. The van der Waals surface area contributed by atoms with Crippen LogP contribution >= 0.6 is 0 Å². The fourth-order valence-corrected chi connectivity index (χ4v) is 2.77. The first-order chi connectivity index (χ1) is 8.74. The summed E-state index contributed by atoms with van der Waals surface area (Å²) in [4.78, 5) is 21.1. The van der Waals surface area contributed by atoms with Crippen LogP contribution in [0.4, 0.5) is 5.82 Å². The monoisotopic (exact) mass is 247 g/mol. The Morgan fingerprint density at radius 1 is 1.22 bits per heavy atom. The predicted molar refractivity (Wildman–Crippen MR) is 66.7 cm³/mol. The lowest BCUT2D eigenvalue weighted by Gasteiger charge is -2.33. The molecular formula is C13H17N3O2. The number of nitrogens with zero attached hydrogens (tertiary/aromatic N) is 3. The number of piperidine rings is 1. The van der Waals surface area contributed by atoms with Gasteiger partial charge in [-0.15, -0.1) is 0 Å². The van der Waals surface area contributed by atoms with E-state index in [0.717, 1.165) is 30.7 Å². The summed E-state index contributed by atoms with van der Waals surface area (Å²) in [7, 11) is 0. The van der Waals surface area contributed by atoms with Gasteiger partial charge in [-0.3, -0.25) is 0 Å². The average molecular weight is 247 g/mol. The van der Waals surface area contributed by atoms with Gasteiger partial charge in [-0.05, 0) is 37.5 Å². The topological polar surface area (TPSA) is 66.3 Å². The Morgan fingerprint density at radius 2 is 2.06 bits per heavy atom. The minimum atomic E-state index is -1.02. The van der Waals surface area contributed by atoms with Crippen LogP contribution in [-0.4, -0.2) is 34.1 Å². The van der Waals surface area contributed by atoms with Gasteiger partial charge in [0, 0.05) is 13.1 Å². The Hall–Kier alpha value is -1.65. The molecule has 1 N–H and O–H groups in total. The van der Waals surface area contributed by atoms with Crippen molar-refractivity contribution in [2.24, 2.45) is 11.8 Å². The fraction of sp³-hybridized carbons (Fsp3) is 0.615. The fourth-order valence-electron chi connectivity index (χ4n) is 2.77. The molecule has 1 aliphatic heterocycles. The van der Waals surface area contributed by atoms with Crippen LogP contribution in [0.1, 0.15) is 36.2 Å². The number of carboxylic acids is 1. The Labute approximate surface area is 106 Å². The summed E-state index contributed by atoms with van der Waals surface area (Å²) in [6, 6.07) is 0. The molecule has 2 heterocycles. The van der Waals surface area contributed by atoms with Crippen molar-refractivity contribution >= 4 is 11.8 Å². The third-order valence-corrected chi connectivity index (χ3v) is 3.93. The van der Waals surface area contributed by atoms with E-state index in [0.29, 0.717) is 0 Å². The van der Waals surface area contributed by atoms with E-state index in [9.17, 15) is 4.79 Å². The summed E-state index contributed by atoms with van der Waals surface area (Å²) in [5, 5.41) is 8.79. The Kier molecular flexibility index (Phi) is 2.89. The van der Waals surface area contributed by atoms with E-state index < -0.39 is 5.97 Å². The van der Waals surface area contributed by atoms with Gasteiger partial charge in [0.05, 0.1) is 12.4 Å². The maximum atomic E-state index is 10.7. The van der Waals surface area contributed by atoms with Crippen molar-refractivity contribution in [1.29, 1.82) is 0 Å². The lowest BCUT2D eigenvalue weighted by molar-refractivity contribution is 0.0690. The highest BCUT2D eigenvalue weighted by atomic mass is 16.4. The largest absolute Gasteiger partial charge is 0.476 e. The number of carbonyl (C=O) groups is 1. The van der Waals surface area contributed by atoms with Crippen LogP contribution in [0.3, 0.4) is 0 Å². The Morgan fingerprint density at radius 3 is 2.67 bits per heavy atom. The van der Waals surface area contributed by atoms with Crippen molar-refractivity contribution in [3.63, 3.8) is 0 Å². The van der Waals surface area contributed by atoms with E-state index in [-0.39, 0.29) is 5.69 Å². The van der Waals surface area contributed by atoms with E-state index in [1.165, 1.54) is 31.9 Å². The molecule has 5 nitrogen and oxygen atoms in total. The molecule has 2 fully saturated rings. The number of hydrogen-bond acceptors (Lipinski definition) is 4. The summed E-state index contributed by atoms with van der Waals surface area (Å²) < 4.78 is 0. The first kappa shape index (κ1) is 11.4. The van der Waals surface area contributed by atoms with Crippen molar-refractivity contribution in [2.75, 3.05) is 18.0 Å². The van der Waals surface area contributed by atoms with Crippen LogP contribution in [0, 0.1) is 11.8 Å². The SMILES string of the molecule is O=C(O)c1cnc(N2CCCC(C3CC3)C2)cn1. The van der Waals surface area contributed by atoms with Crippen LogP contribution in [0.2, 0.25) is 0 Å². The molecule has 1 saturated heterocycles. The zero-order chi connectivity index (χ0) is 12.5. The molecule has 0 radical (unpaired) electrons. The molecule has 0 amide bonds. The summed E-state index contributed by atoms with van der Waals surface area (Å²) in [5.74, 6) is 1.49. The number of anilines is 1. The van der Waals surface area contributed by atoms with E-state index in [4.69, 9.17) is 5.11 Å². The molecule has 1 aromatic heterocycles. The van der Waals surface area contributed by atoms with Crippen molar-refractivity contribution in [3.8, 4) is 0 Å². The minimum absolute atomic E-state index is 0.00880. The summed E-state index contributed by atoms with van der Waals surface area (Å²) in [6.07, 6.45) is 8.20. The molecule has 0 aromatic carbocycles. The third-order valence-electron chi connectivity index (χ3n) is 3.93. The van der Waals surface area contributed by atoms with Crippen LogP contribution in [0.15, 0.2) is 12.4 Å². The lowest BCUT2D eigenvalue weighted by Crippen LogP contribution is -2.36. The van der Waals surface area contributed by atoms with E-state index >= 15 is 0 Å². The molecule has 5 heteroatoms. The van der Waals surface area contributed by atoms with E-state index in [2.05, 4.69) is 14.9 Å². The van der Waals surface area contributed by atoms with Crippen molar-refractivity contribution in [1.82, 2.24) is 9.97 Å². The molecular weight excluding hydrogens is 230 g/mol. The first-order valence-corrected chi connectivity index (χ1v) is 6.54. The molecule has 1 aromatic rings. The predicted octanol–water partition coefficient (Wildman–Crippen LogP) is 1.80. The van der Waals surface area contributed by atoms with Crippen molar-refractivity contribution < 1.29 is 9.90 Å². The van der Waals surface area contributed by atoms with E-state index in [1.807, 2.05) is 0 Å². The first-order valence-electron chi connectivity index (χ1n) is 6.54. The molecule has 96 valence electrons. The summed E-state index contributed by atoms with van der Waals surface area (Å²) >= 11 is 0. The normalized spacial score (nSPS) is 24.0. The minimum Gasteiger partial charge on any atom is -0.476 e. The van der Waals surface area contributed by atoms with Gasteiger partial charge in [-0.1, -0.05) is 0 Å². The number of hydrogen-bond donors (Lipinski definition) is 1. The Balaban J connectivity index is 1.71. The molecule has 3 rings (SSSR count). The second-order valence-electron chi connectivity index (χ2n) is 5.25. The molecule has 1 aliphatic carbocycles. The average Bonchev–Trinajstić information content (AvgIpc) is 3.23. The van der Waals surface area contributed by atoms with Gasteiger partial charge in [0.2, 0.25) is 0 Å². The molecule has 0 bridgehead atoms. The van der Waals surface area contributed by atoms with Crippen molar-refractivity contribution in [3.05, 3.63) is 18.1 Å². The lowest BCUT2D eigenvalue weighted by atomic mass is 9.93.